The van der Waals surface area contributed by atoms with E-state index < -0.39 is 26.1 Å². The lowest BCUT2D eigenvalue weighted by Crippen LogP contribution is -2.45. The highest BCUT2D eigenvalue weighted by Gasteiger charge is 2.27. The van der Waals surface area contributed by atoms with Crippen LogP contribution >= 0.6 is 7.82 Å². The number of nitrogens with zero attached hydrogens (tertiary/aromatic N) is 1. The molecule has 9 nitrogen and oxygen atoms in total. The van der Waals surface area contributed by atoms with E-state index in [0.29, 0.717) is 30.3 Å². The largest absolute Gasteiger partial charge is 0.472 e. The fourth-order valence-electron chi connectivity index (χ4n) is 5.12. The van der Waals surface area contributed by atoms with Crippen LogP contribution in [0.1, 0.15) is 136 Å². The normalized spacial score (nSPS) is 15.8. The van der Waals surface area contributed by atoms with Crippen molar-refractivity contribution in [1.29, 1.82) is 0 Å². The number of aliphatic hydroxyl groups is 2. The van der Waals surface area contributed by atoms with Gasteiger partial charge in [-0.15, -0.1) is 0 Å². The number of phosphoric ester groups is 1. The molecule has 0 radical (unpaired) electrons. The maximum atomic E-state index is 12.8. The molecule has 0 aromatic carbocycles. The summed E-state index contributed by atoms with van der Waals surface area (Å²) in [6, 6.07) is -0.901. The predicted octanol–water partition coefficient (Wildman–Crippen LogP) is 9.82. The number of carbonyl (C=O) groups excluding carboxylic acids is 1. The molecule has 0 saturated carbocycles. The molecule has 4 N–H and O–H groups in total. The number of likely N-dealkylation sites (N-methyl/N-ethyl adjacent to an activating group) is 1. The first-order valence-corrected chi connectivity index (χ1v) is 21.9. The Labute approximate surface area is 324 Å². The molecule has 10 heteroatoms. The molecule has 4 atom stereocenters. The van der Waals surface area contributed by atoms with Gasteiger partial charge in [-0.05, 0) is 70.6 Å². The predicted molar refractivity (Wildman–Crippen MR) is 222 cm³/mol. The van der Waals surface area contributed by atoms with Crippen molar-refractivity contribution in [2.24, 2.45) is 0 Å². The number of nitrogens with one attached hydrogen (secondary N) is 1. The summed E-state index contributed by atoms with van der Waals surface area (Å²) in [5.41, 5.74) is 0. The number of unbranched alkanes of at least 4 members (excludes halogenated alkanes) is 12. The van der Waals surface area contributed by atoms with Crippen molar-refractivity contribution in [3.05, 3.63) is 72.9 Å². The molecule has 306 valence electrons. The lowest BCUT2D eigenvalue weighted by atomic mass is 10.1. The minimum Gasteiger partial charge on any atom is -0.389 e. The summed E-state index contributed by atoms with van der Waals surface area (Å²) < 4.78 is 23.4. The SMILES string of the molecule is CCC/C=C\CCCCCCCC/C=C/[C@@H](O)[C@H](COP(=O)(O)OCC[N+](C)(C)C)NC(=O)CCC/C=C\C/C=C\C=C\[C@@H](O)C/C=C\CCCCC. The molecular formula is C43H78N2O7P+. The number of hydrogen-bond acceptors (Lipinski definition) is 6. The maximum absolute atomic E-state index is 12.8. The standard InChI is InChI=1S/C43H77N2O7P/c1-6-8-10-12-14-15-16-17-18-19-23-27-31-35-42(47)41(39-52-53(49,50)51-38-37-45(3,4)5)44-43(48)36-32-28-24-21-20-22-26-30-34-40(46)33-29-25-13-11-9-7-2/h10,12,21-22,24-26,29-31,34-35,40-42,46-47H,6-9,11,13-20,23,27-28,32-33,36-39H2,1-5H3,(H-,44,48,49,50)/p+1/b12-10-,24-21-,26-22-,29-25-,34-30+,35-31+/t40-,41-,42+/m0/s1. The fraction of sp³-hybridized carbons (Fsp3) is 0.698. The van der Waals surface area contributed by atoms with Crippen LogP contribution in [0.25, 0.3) is 0 Å². The van der Waals surface area contributed by atoms with Gasteiger partial charge in [-0.2, -0.15) is 0 Å². The Morgan fingerprint density at radius 1 is 0.698 bits per heavy atom. The second-order valence-corrected chi connectivity index (χ2v) is 16.3. The van der Waals surface area contributed by atoms with Gasteiger partial charge in [0.15, 0.2) is 0 Å². The summed E-state index contributed by atoms with van der Waals surface area (Å²) in [5, 5.41) is 23.7. The van der Waals surface area contributed by atoms with Crippen LogP contribution in [0.5, 0.6) is 0 Å². The van der Waals surface area contributed by atoms with Gasteiger partial charge >= 0.3 is 7.82 Å². The second kappa shape index (κ2) is 34.4. The summed E-state index contributed by atoms with van der Waals surface area (Å²) >= 11 is 0. The zero-order valence-electron chi connectivity index (χ0n) is 34.1. The number of aliphatic hydroxyl groups excluding tert-OH is 2. The number of rotatable bonds is 35. The van der Waals surface area contributed by atoms with Crippen LogP contribution in [0.15, 0.2) is 72.9 Å². The molecule has 0 fully saturated rings. The summed E-state index contributed by atoms with van der Waals surface area (Å²) in [6.45, 7) is 4.57. The van der Waals surface area contributed by atoms with Crippen LogP contribution in [0.2, 0.25) is 0 Å². The smallest absolute Gasteiger partial charge is 0.389 e. The molecule has 0 bridgehead atoms. The fourth-order valence-corrected chi connectivity index (χ4v) is 5.85. The third-order valence-electron chi connectivity index (χ3n) is 8.45. The highest BCUT2D eigenvalue weighted by molar-refractivity contribution is 7.47. The van der Waals surface area contributed by atoms with Gasteiger partial charge in [-0.3, -0.25) is 13.8 Å². The first kappa shape index (κ1) is 50.9. The molecule has 0 aromatic heterocycles. The first-order valence-electron chi connectivity index (χ1n) is 20.4. The molecule has 0 aliphatic heterocycles. The Balaban J connectivity index is 4.70. The maximum Gasteiger partial charge on any atom is 0.472 e. The number of carbonyl (C=O) groups is 1. The van der Waals surface area contributed by atoms with Gasteiger partial charge in [-0.25, -0.2) is 4.57 Å². The minimum atomic E-state index is -4.37. The van der Waals surface area contributed by atoms with Crippen molar-refractivity contribution in [3.8, 4) is 0 Å². The van der Waals surface area contributed by atoms with E-state index >= 15 is 0 Å². The molecule has 1 amide bonds. The van der Waals surface area contributed by atoms with Crippen LogP contribution in [0, 0.1) is 0 Å². The molecular weight excluding hydrogens is 687 g/mol. The monoisotopic (exact) mass is 766 g/mol. The van der Waals surface area contributed by atoms with E-state index in [2.05, 4.69) is 37.4 Å². The van der Waals surface area contributed by atoms with Gasteiger partial charge in [-0.1, -0.05) is 132 Å². The van der Waals surface area contributed by atoms with E-state index in [1.807, 2.05) is 63.7 Å². The van der Waals surface area contributed by atoms with E-state index in [1.165, 1.54) is 51.4 Å². The van der Waals surface area contributed by atoms with E-state index in [4.69, 9.17) is 9.05 Å². The Hall–Kier alpha value is -2.10. The Morgan fingerprint density at radius 2 is 1.30 bits per heavy atom. The van der Waals surface area contributed by atoms with Gasteiger partial charge < -0.3 is 24.9 Å². The first-order chi connectivity index (χ1) is 25.4. The number of phosphoric acid groups is 1. The van der Waals surface area contributed by atoms with E-state index in [-0.39, 0.29) is 25.5 Å². The number of hydrogen-bond donors (Lipinski definition) is 4. The third-order valence-corrected chi connectivity index (χ3v) is 9.44. The molecule has 0 spiro atoms. The van der Waals surface area contributed by atoms with Crippen LogP contribution in [-0.2, 0) is 18.4 Å². The molecule has 0 heterocycles. The van der Waals surface area contributed by atoms with Crippen LogP contribution in [-0.4, -0.2) is 84.6 Å². The number of amides is 1. The van der Waals surface area contributed by atoms with Gasteiger partial charge in [0.25, 0.3) is 0 Å². The van der Waals surface area contributed by atoms with Crippen molar-refractivity contribution in [3.63, 3.8) is 0 Å². The van der Waals surface area contributed by atoms with Crippen LogP contribution in [0.3, 0.4) is 0 Å². The highest BCUT2D eigenvalue weighted by Crippen LogP contribution is 2.43. The zero-order chi connectivity index (χ0) is 39.5. The van der Waals surface area contributed by atoms with Gasteiger partial charge in [0, 0.05) is 6.42 Å². The zero-order valence-corrected chi connectivity index (χ0v) is 35.0. The number of quaternary nitrogens is 1. The molecule has 0 rings (SSSR count). The quantitative estimate of drug-likeness (QED) is 0.0166. The molecule has 0 aliphatic carbocycles. The Bertz CT molecular complexity index is 1110. The van der Waals surface area contributed by atoms with Crippen molar-refractivity contribution in [2.75, 3.05) is 40.9 Å². The molecule has 0 saturated heterocycles. The van der Waals surface area contributed by atoms with E-state index in [0.717, 1.165) is 44.9 Å². The second-order valence-electron chi connectivity index (χ2n) is 14.8. The molecule has 53 heavy (non-hydrogen) atoms. The van der Waals surface area contributed by atoms with Crippen molar-refractivity contribution >= 4 is 13.7 Å². The van der Waals surface area contributed by atoms with Crippen LogP contribution in [0.4, 0.5) is 0 Å². The molecule has 0 aromatic rings. The minimum absolute atomic E-state index is 0.0347. The van der Waals surface area contributed by atoms with Gasteiger partial charge in [0.1, 0.15) is 13.2 Å². The van der Waals surface area contributed by atoms with E-state index in [9.17, 15) is 24.5 Å². The molecule has 0 aliphatic rings. The van der Waals surface area contributed by atoms with Crippen molar-refractivity contribution < 1.29 is 38.0 Å². The van der Waals surface area contributed by atoms with Crippen LogP contribution < -0.4 is 5.32 Å². The molecule has 1 unspecified atom stereocenters. The Kier molecular flexibility index (Phi) is 33.0. The average Bonchev–Trinajstić information content (AvgIpc) is 3.10. The Morgan fingerprint density at radius 3 is 1.98 bits per heavy atom. The topological polar surface area (TPSA) is 125 Å². The summed E-state index contributed by atoms with van der Waals surface area (Å²) in [6.07, 6.45) is 41.4. The van der Waals surface area contributed by atoms with Gasteiger partial charge in [0.05, 0.1) is 46.0 Å². The number of allylic oxidation sites excluding steroid dienone is 9. The van der Waals surface area contributed by atoms with E-state index in [1.54, 1.807) is 12.2 Å². The lowest BCUT2D eigenvalue weighted by Gasteiger charge is -2.25. The summed E-state index contributed by atoms with van der Waals surface area (Å²) in [4.78, 5) is 23.0. The van der Waals surface area contributed by atoms with Gasteiger partial charge in [0.2, 0.25) is 5.91 Å². The summed E-state index contributed by atoms with van der Waals surface area (Å²) in [5.74, 6) is -0.265. The third kappa shape index (κ3) is 36.6. The summed E-state index contributed by atoms with van der Waals surface area (Å²) in [7, 11) is 1.48. The highest BCUT2D eigenvalue weighted by atomic mass is 31.2. The average molecular weight is 766 g/mol. The van der Waals surface area contributed by atoms with Crippen molar-refractivity contribution in [1.82, 2.24) is 5.32 Å². The van der Waals surface area contributed by atoms with Crippen molar-refractivity contribution in [2.45, 2.75) is 154 Å². The lowest BCUT2D eigenvalue weighted by molar-refractivity contribution is -0.870.